The van der Waals surface area contributed by atoms with Gasteiger partial charge >= 0.3 is 0 Å². The van der Waals surface area contributed by atoms with Crippen LogP contribution in [0.25, 0.3) is 0 Å². The van der Waals surface area contributed by atoms with Gasteiger partial charge in [0.25, 0.3) is 0 Å². The van der Waals surface area contributed by atoms with Crippen LogP contribution in [0.4, 0.5) is 0 Å². The molecule has 0 aromatic heterocycles. The molecule has 0 amide bonds. The zero-order chi connectivity index (χ0) is 18.4. The summed E-state index contributed by atoms with van der Waals surface area (Å²) in [5.74, 6) is 1.79. The molecule has 3 aliphatic rings. The number of aliphatic imine (C=N–C) groups is 1. The van der Waals surface area contributed by atoms with Crippen molar-refractivity contribution in [3.05, 3.63) is 35.1 Å². The molecule has 0 unspecified atom stereocenters. The Morgan fingerprint density at radius 3 is 2.46 bits per heavy atom. The van der Waals surface area contributed by atoms with Gasteiger partial charge in [-0.05, 0) is 87.0 Å². The van der Waals surface area contributed by atoms with Crippen LogP contribution in [0.3, 0.4) is 0 Å². The van der Waals surface area contributed by atoms with Crippen molar-refractivity contribution in [1.29, 1.82) is 0 Å². The average Bonchev–Trinajstić information content (AvgIpc) is 2.68. The number of hydrogen-bond acceptors (Lipinski definition) is 2. The zero-order valence-electron chi connectivity index (χ0n) is 17.3. The van der Waals surface area contributed by atoms with Gasteiger partial charge < -0.3 is 4.90 Å². The molecule has 0 radical (unpaired) electrons. The molecule has 1 saturated heterocycles. The van der Waals surface area contributed by atoms with Gasteiger partial charge in [0.05, 0.1) is 5.71 Å². The van der Waals surface area contributed by atoms with E-state index >= 15 is 0 Å². The Morgan fingerprint density at radius 2 is 1.81 bits per heavy atom. The van der Waals surface area contributed by atoms with Gasteiger partial charge in [-0.15, -0.1) is 0 Å². The Hall–Kier alpha value is -1.31. The Bertz CT molecular complexity index is 579. The molecule has 0 atom stereocenters. The fourth-order valence-corrected chi connectivity index (χ4v) is 4.72. The average molecular weight is 355 g/mol. The summed E-state index contributed by atoms with van der Waals surface area (Å²) in [5.41, 5.74) is 5.60. The predicted octanol–water partition coefficient (Wildman–Crippen LogP) is 6.31. The van der Waals surface area contributed by atoms with Gasteiger partial charge in [-0.1, -0.05) is 32.8 Å². The second-order valence-electron chi connectivity index (χ2n) is 8.59. The summed E-state index contributed by atoms with van der Waals surface area (Å²) in [7, 11) is 0. The molecular formula is C24H38N2. The summed E-state index contributed by atoms with van der Waals surface area (Å²) in [6.45, 7) is 10.2. The second-order valence-corrected chi connectivity index (χ2v) is 8.59. The normalized spacial score (nSPS) is 30.5. The lowest BCUT2D eigenvalue weighted by molar-refractivity contribution is 0.286. The highest BCUT2D eigenvalue weighted by Crippen LogP contribution is 2.36. The minimum Gasteiger partial charge on any atom is -0.371 e. The molecule has 0 N–H and O–H groups in total. The lowest BCUT2D eigenvalue weighted by Gasteiger charge is -2.34. The van der Waals surface area contributed by atoms with Crippen molar-refractivity contribution in [3.63, 3.8) is 0 Å². The van der Waals surface area contributed by atoms with E-state index in [0.717, 1.165) is 24.8 Å². The van der Waals surface area contributed by atoms with Crippen LogP contribution in [0.15, 0.2) is 40.1 Å². The number of piperidine rings is 1. The van der Waals surface area contributed by atoms with E-state index in [2.05, 4.69) is 43.9 Å². The minimum atomic E-state index is 0.862. The van der Waals surface area contributed by atoms with Crippen LogP contribution in [0.1, 0.15) is 78.6 Å². The van der Waals surface area contributed by atoms with E-state index in [1.165, 1.54) is 81.4 Å². The molecule has 2 aliphatic carbocycles. The third-order valence-corrected chi connectivity index (χ3v) is 6.39. The highest BCUT2D eigenvalue weighted by atomic mass is 15.1. The fourth-order valence-electron chi connectivity index (χ4n) is 4.72. The van der Waals surface area contributed by atoms with Crippen molar-refractivity contribution in [1.82, 2.24) is 4.90 Å². The van der Waals surface area contributed by atoms with Gasteiger partial charge in [0.1, 0.15) is 0 Å². The van der Waals surface area contributed by atoms with E-state index in [1.54, 1.807) is 5.57 Å². The first-order valence-corrected chi connectivity index (χ1v) is 11.1. The molecular weight excluding hydrogens is 316 g/mol. The van der Waals surface area contributed by atoms with Crippen molar-refractivity contribution in [2.24, 2.45) is 16.8 Å². The standard InChI is InChI=1S/C24H38N2/c1-4-13-25-24-18-22(26-14-7-6-8-15-26)17-21(23(24)5-2)16-20-11-9-19(3)10-12-20/h5,17-20H,4,6-16H2,1-3H3/b23-5+,25-24-. The van der Waals surface area contributed by atoms with Crippen molar-refractivity contribution in [3.8, 4) is 0 Å². The van der Waals surface area contributed by atoms with Gasteiger partial charge in [-0.2, -0.15) is 0 Å². The Labute approximate surface area is 161 Å². The van der Waals surface area contributed by atoms with Crippen molar-refractivity contribution in [2.75, 3.05) is 19.6 Å². The van der Waals surface area contributed by atoms with Crippen LogP contribution in [0.5, 0.6) is 0 Å². The lowest BCUT2D eigenvalue weighted by atomic mass is 9.77. The van der Waals surface area contributed by atoms with E-state index in [1.807, 2.05) is 0 Å². The molecule has 2 heteroatoms. The van der Waals surface area contributed by atoms with E-state index < -0.39 is 0 Å². The summed E-state index contributed by atoms with van der Waals surface area (Å²) in [5, 5.41) is 0. The van der Waals surface area contributed by atoms with Gasteiger partial charge in [0.2, 0.25) is 0 Å². The fraction of sp³-hybridized carbons (Fsp3) is 0.708. The van der Waals surface area contributed by atoms with Crippen LogP contribution in [0.2, 0.25) is 0 Å². The van der Waals surface area contributed by atoms with Gasteiger partial charge in [0, 0.05) is 25.3 Å². The highest BCUT2D eigenvalue weighted by Gasteiger charge is 2.25. The monoisotopic (exact) mass is 354 g/mol. The zero-order valence-corrected chi connectivity index (χ0v) is 17.3. The molecule has 0 aromatic rings. The number of likely N-dealkylation sites (tertiary alicyclic amines) is 1. The van der Waals surface area contributed by atoms with Gasteiger partial charge in [-0.25, -0.2) is 0 Å². The topological polar surface area (TPSA) is 15.6 Å². The Morgan fingerprint density at radius 1 is 1.08 bits per heavy atom. The summed E-state index contributed by atoms with van der Waals surface area (Å²) >= 11 is 0. The molecule has 3 rings (SSSR count). The third kappa shape index (κ3) is 4.90. The number of allylic oxidation sites excluding steroid dienone is 5. The number of nitrogens with zero attached hydrogens (tertiary/aromatic N) is 2. The molecule has 144 valence electrons. The predicted molar refractivity (Wildman–Crippen MR) is 114 cm³/mol. The van der Waals surface area contributed by atoms with Crippen molar-refractivity contribution < 1.29 is 0 Å². The van der Waals surface area contributed by atoms with Crippen LogP contribution in [-0.4, -0.2) is 30.2 Å². The summed E-state index contributed by atoms with van der Waals surface area (Å²) in [6.07, 6.45) is 19.2. The summed E-state index contributed by atoms with van der Waals surface area (Å²) < 4.78 is 0. The number of rotatable bonds is 5. The molecule has 2 nitrogen and oxygen atoms in total. The molecule has 2 fully saturated rings. The van der Waals surface area contributed by atoms with Crippen LogP contribution in [-0.2, 0) is 0 Å². The van der Waals surface area contributed by atoms with Crippen molar-refractivity contribution in [2.45, 2.75) is 78.6 Å². The molecule has 0 bridgehead atoms. The van der Waals surface area contributed by atoms with Gasteiger partial charge in [0.15, 0.2) is 0 Å². The lowest BCUT2D eigenvalue weighted by Crippen LogP contribution is -2.30. The number of hydrogen-bond donors (Lipinski definition) is 0. The highest BCUT2D eigenvalue weighted by molar-refractivity contribution is 6.13. The largest absolute Gasteiger partial charge is 0.371 e. The third-order valence-electron chi connectivity index (χ3n) is 6.39. The van der Waals surface area contributed by atoms with Crippen molar-refractivity contribution >= 4 is 5.71 Å². The van der Waals surface area contributed by atoms with E-state index in [-0.39, 0.29) is 0 Å². The van der Waals surface area contributed by atoms with Crippen LogP contribution < -0.4 is 0 Å². The first-order valence-electron chi connectivity index (χ1n) is 11.1. The second kappa shape index (κ2) is 9.58. The maximum absolute atomic E-state index is 4.96. The molecule has 0 aromatic carbocycles. The molecule has 1 heterocycles. The maximum Gasteiger partial charge on any atom is 0.0666 e. The van der Waals surface area contributed by atoms with E-state index in [0.29, 0.717) is 0 Å². The smallest absolute Gasteiger partial charge is 0.0666 e. The summed E-state index contributed by atoms with van der Waals surface area (Å²) in [6, 6.07) is 0. The first kappa shape index (κ1) is 19.5. The Kier molecular flexibility index (Phi) is 7.16. The van der Waals surface area contributed by atoms with Gasteiger partial charge in [-0.3, -0.25) is 4.99 Å². The van der Waals surface area contributed by atoms with Crippen LogP contribution in [0, 0.1) is 11.8 Å². The van der Waals surface area contributed by atoms with E-state index in [4.69, 9.17) is 4.99 Å². The Balaban J connectivity index is 1.83. The molecule has 1 aliphatic heterocycles. The molecule has 1 saturated carbocycles. The maximum atomic E-state index is 4.96. The first-order chi connectivity index (χ1) is 12.7. The van der Waals surface area contributed by atoms with E-state index in [9.17, 15) is 0 Å². The SMILES string of the molecule is C/C=C1\C(CC2CCC(C)CC2)=CC(N2CCCCC2)=C\C1=N\CCC. The van der Waals surface area contributed by atoms with Crippen LogP contribution >= 0.6 is 0 Å². The molecule has 0 spiro atoms. The molecule has 26 heavy (non-hydrogen) atoms. The quantitative estimate of drug-likeness (QED) is 0.565. The minimum absolute atomic E-state index is 0.862. The summed E-state index contributed by atoms with van der Waals surface area (Å²) in [4.78, 5) is 7.56.